The smallest absolute Gasteiger partial charge is 0.227 e. The van der Waals surface area contributed by atoms with E-state index >= 15 is 0 Å². The van der Waals surface area contributed by atoms with Gasteiger partial charge in [0.2, 0.25) is 11.8 Å². The number of aliphatic hydroxyl groups excluding tert-OH is 1. The molecule has 1 aromatic carbocycles. The van der Waals surface area contributed by atoms with Crippen molar-refractivity contribution in [3.8, 4) is 23.3 Å². The van der Waals surface area contributed by atoms with Crippen molar-refractivity contribution in [3.63, 3.8) is 0 Å². The lowest BCUT2D eigenvalue weighted by Gasteiger charge is -2.37. The Labute approximate surface area is 187 Å². The molecule has 1 aliphatic carbocycles. The van der Waals surface area contributed by atoms with Crippen molar-refractivity contribution in [2.75, 3.05) is 27.9 Å². The Bertz CT molecular complexity index is 1010. The molecule has 3 atom stereocenters. The van der Waals surface area contributed by atoms with Gasteiger partial charge in [-0.1, -0.05) is 11.6 Å². The lowest BCUT2D eigenvalue weighted by Crippen LogP contribution is -2.34. The standard InChI is InChI=1S/C23H27ClN2O5/c1-5-31-19-9-13-14-8-12(27)6-7-17(14)25-22(15(13)10-18(19)28-2)21-16(24)11-20(29-3)26-23(21)30-4/h9-12,14,17,27H,5-8H2,1-4H3/t12-,14-,17-/m1/s1. The Hall–Kier alpha value is -2.51. The highest BCUT2D eigenvalue weighted by atomic mass is 35.5. The van der Waals surface area contributed by atoms with Crippen LogP contribution in [0.15, 0.2) is 23.2 Å². The van der Waals surface area contributed by atoms with Gasteiger partial charge in [0.05, 0.1) is 56.4 Å². The Morgan fingerprint density at radius 2 is 1.87 bits per heavy atom. The van der Waals surface area contributed by atoms with Crippen LogP contribution in [0, 0.1) is 0 Å². The second-order valence-electron chi connectivity index (χ2n) is 7.67. The summed E-state index contributed by atoms with van der Waals surface area (Å²) in [5.41, 5.74) is 3.25. The number of fused-ring (bicyclic) bond motifs is 3. The average Bonchev–Trinajstić information content (AvgIpc) is 2.78. The molecule has 7 nitrogen and oxygen atoms in total. The third kappa shape index (κ3) is 3.92. The van der Waals surface area contributed by atoms with Gasteiger partial charge in [-0.2, -0.15) is 4.98 Å². The molecule has 0 unspecified atom stereocenters. The van der Waals surface area contributed by atoms with E-state index in [0.29, 0.717) is 59.0 Å². The lowest BCUT2D eigenvalue weighted by molar-refractivity contribution is 0.111. The van der Waals surface area contributed by atoms with Gasteiger partial charge in [-0.15, -0.1) is 0 Å². The quantitative estimate of drug-likeness (QED) is 0.722. The molecule has 2 heterocycles. The fourth-order valence-corrected chi connectivity index (χ4v) is 4.77. The van der Waals surface area contributed by atoms with E-state index in [-0.39, 0.29) is 18.1 Å². The van der Waals surface area contributed by atoms with Gasteiger partial charge in [-0.25, -0.2) is 0 Å². The second kappa shape index (κ2) is 8.93. The van der Waals surface area contributed by atoms with Crippen molar-refractivity contribution >= 4 is 17.3 Å². The Balaban J connectivity index is 1.95. The predicted octanol–water partition coefficient (Wildman–Crippen LogP) is 4.01. The largest absolute Gasteiger partial charge is 0.493 e. The maximum Gasteiger partial charge on any atom is 0.227 e. The first kappa shape index (κ1) is 21.7. The maximum atomic E-state index is 10.3. The molecule has 1 aromatic heterocycles. The van der Waals surface area contributed by atoms with E-state index in [0.717, 1.165) is 17.5 Å². The van der Waals surface area contributed by atoms with Crippen LogP contribution in [0.25, 0.3) is 0 Å². The highest BCUT2D eigenvalue weighted by molar-refractivity contribution is 6.36. The summed E-state index contributed by atoms with van der Waals surface area (Å²) in [6, 6.07) is 5.62. The molecule has 2 aliphatic rings. The van der Waals surface area contributed by atoms with Gasteiger partial charge in [-0.3, -0.25) is 4.99 Å². The number of aliphatic imine (C=N–C) groups is 1. The molecule has 0 amide bonds. The zero-order valence-corrected chi connectivity index (χ0v) is 18.9. The predicted molar refractivity (Wildman–Crippen MR) is 119 cm³/mol. The molecule has 1 saturated carbocycles. The van der Waals surface area contributed by atoms with Crippen molar-refractivity contribution in [2.45, 2.75) is 44.2 Å². The van der Waals surface area contributed by atoms with E-state index in [4.69, 9.17) is 35.5 Å². The Morgan fingerprint density at radius 3 is 2.55 bits per heavy atom. The number of aromatic nitrogens is 1. The number of hydrogen-bond donors (Lipinski definition) is 1. The van der Waals surface area contributed by atoms with Gasteiger partial charge in [0.25, 0.3) is 0 Å². The minimum Gasteiger partial charge on any atom is -0.493 e. The molecule has 166 valence electrons. The second-order valence-corrected chi connectivity index (χ2v) is 8.08. The molecular weight excluding hydrogens is 420 g/mol. The Kier molecular flexibility index (Phi) is 6.25. The van der Waals surface area contributed by atoms with Gasteiger partial charge in [0.1, 0.15) is 0 Å². The van der Waals surface area contributed by atoms with Crippen LogP contribution in [-0.2, 0) is 0 Å². The molecule has 0 bridgehead atoms. The monoisotopic (exact) mass is 446 g/mol. The van der Waals surface area contributed by atoms with Gasteiger partial charge >= 0.3 is 0 Å². The van der Waals surface area contributed by atoms with E-state index < -0.39 is 0 Å². The first-order valence-corrected chi connectivity index (χ1v) is 10.8. The summed E-state index contributed by atoms with van der Waals surface area (Å²) < 4.78 is 22.2. The summed E-state index contributed by atoms with van der Waals surface area (Å²) in [7, 11) is 4.69. The summed E-state index contributed by atoms with van der Waals surface area (Å²) in [4.78, 5) is 9.51. The van der Waals surface area contributed by atoms with E-state index in [1.807, 2.05) is 19.1 Å². The fourth-order valence-electron chi connectivity index (χ4n) is 4.51. The third-order valence-corrected chi connectivity index (χ3v) is 6.22. The van der Waals surface area contributed by atoms with Gasteiger partial charge in [0, 0.05) is 17.5 Å². The minimum absolute atomic E-state index is 0.0247. The molecule has 0 spiro atoms. The van der Waals surface area contributed by atoms with Crippen LogP contribution in [0.3, 0.4) is 0 Å². The molecule has 31 heavy (non-hydrogen) atoms. The van der Waals surface area contributed by atoms with Crippen LogP contribution in [0.4, 0.5) is 0 Å². The van der Waals surface area contributed by atoms with E-state index in [1.54, 1.807) is 20.3 Å². The van der Waals surface area contributed by atoms with Crippen LogP contribution < -0.4 is 18.9 Å². The van der Waals surface area contributed by atoms with E-state index in [1.165, 1.54) is 7.11 Å². The molecule has 1 N–H and O–H groups in total. The van der Waals surface area contributed by atoms with E-state index in [2.05, 4.69) is 4.98 Å². The summed E-state index contributed by atoms with van der Waals surface area (Å²) in [6.45, 7) is 2.46. The highest BCUT2D eigenvalue weighted by Crippen LogP contribution is 2.46. The molecule has 1 fully saturated rings. The summed E-state index contributed by atoms with van der Waals surface area (Å²) in [5, 5.41) is 10.8. The normalized spacial score (nSPS) is 22.1. The van der Waals surface area contributed by atoms with Crippen molar-refractivity contribution in [3.05, 3.63) is 39.9 Å². The number of pyridine rings is 1. The van der Waals surface area contributed by atoms with Crippen LogP contribution in [-0.4, -0.2) is 55.9 Å². The van der Waals surface area contributed by atoms with Gasteiger partial charge in [-0.05, 0) is 43.9 Å². The van der Waals surface area contributed by atoms with Gasteiger partial charge in [0.15, 0.2) is 11.5 Å². The highest BCUT2D eigenvalue weighted by Gasteiger charge is 2.38. The zero-order valence-electron chi connectivity index (χ0n) is 18.1. The van der Waals surface area contributed by atoms with E-state index in [9.17, 15) is 5.11 Å². The van der Waals surface area contributed by atoms with Crippen LogP contribution in [0.5, 0.6) is 23.3 Å². The van der Waals surface area contributed by atoms with Crippen LogP contribution >= 0.6 is 11.6 Å². The first-order valence-electron chi connectivity index (χ1n) is 10.4. The molecule has 1 aliphatic heterocycles. The summed E-state index contributed by atoms with van der Waals surface area (Å²) in [6.07, 6.45) is 1.81. The number of rotatable bonds is 6. The van der Waals surface area contributed by atoms with Crippen molar-refractivity contribution in [1.29, 1.82) is 0 Å². The zero-order chi connectivity index (χ0) is 22.1. The molecule has 8 heteroatoms. The third-order valence-electron chi connectivity index (χ3n) is 5.93. The minimum atomic E-state index is -0.343. The molecular formula is C23H27ClN2O5. The lowest BCUT2D eigenvalue weighted by atomic mass is 9.74. The number of nitrogens with zero attached hydrogens (tertiary/aromatic N) is 2. The maximum absolute atomic E-state index is 10.3. The van der Waals surface area contributed by atoms with Gasteiger partial charge < -0.3 is 24.1 Å². The van der Waals surface area contributed by atoms with Crippen LogP contribution in [0.1, 0.15) is 48.8 Å². The summed E-state index contributed by atoms with van der Waals surface area (Å²) >= 11 is 6.67. The number of ether oxygens (including phenoxy) is 4. The number of halogens is 1. The first-order chi connectivity index (χ1) is 15.0. The van der Waals surface area contributed by atoms with Crippen molar-refractivity contribution in [1.82, 2.24) is 4.98 Å². The molecule has 4 rings (SSSR count). The fraction of sp³-hybridized carbons (Fsp3) is 0.478. The number of methoxy groups -OCH3 is 3. The molecule has 2 aromatic rings. The SMILES string of the molecule is CCOc1cc2c(cc1OC)C(c1c(Cl)cc(OC)nc1OC)=N[C@@H]1CC[C@@H](O)C[C@H]21. The number of hydrogen-bond acceptors (Lipinski definition) is 7. The molecule has 0 radical (unpaired) electrons. The number of benzene rings is 1. The topological polar surface area (TPSA) is 82.4 Å². The van der Waals surface area contributed by atoms with Crippen LogP contribution in [0.2, 0.25) is 5.02 Å². The van der Waals surface area contributed by atoms with Crippen molar-refractivity contribution in [2.24, 2.45) is 4.99 Å². The summed E-state index contributed by atoms with van der Waals surface area (Å²) in [5.74, 6) is 2.08. The number of aliphatic hydroxyl groups is 1. The Morgan fingerprint density at radius 1 is 1.06 bits per heavy atom. The average molecular weight is 447 g/mol. The molecule has 0 saturated heterocycles. The van der Waals surface area contributed by atoms with Crippen molar-refractivity contribution < 1.29 is 24.1 Å².